The van der Waals surface area contributed by atoms with Crippen LogP contribution in [0.2, 0.25) is 0 Å². The van der Waals surface area contributed by atoms with Gasteiger partial charge in [0.05, 0.1) is 34.9 Å². The normalized spacial score (nSPS) is 14.6. The van der Waals surface area contributed by atoms with Gasteiger partial charge in [0.1, 0.15) is 5.60 Å². The van der Waals surface area contributed by atoms with Crippen molar-refractivity contribution in [1.29, 1.82) is 0 Å². The minimum absolute atomic E-state index is 0.0593. The molecular formula is C29H39NO10. The molecule has 0 fully saturated rings. The summed E-state index contributed by atoms with van der Waals surface area (Å²) in [6.07, 6.45) is 1.95. The number of aliphatic carboxylic acids is 2. The van der Waals surface area contributed by atoms with E-state index in [9.17, 15) is 4.79 Å². The van der Waals surface area contributed by atoms with Crippen molar-refractivity contribution >= 4 is 17.9 Å². The average Bonchev–Trinajstić information content (AvgIpc) is 2.90. The first kappa shape index (κ1) is 32.2. The van der Waals surface area contributed by atoms with Gasteiger partial charge in [-0.15, -0.1) is 0 Å². The zero-order chi connectivity index (χ0) is 30.0. The predicted molar refractivity (Wildman–Crippen MR) is 147 cm³/mol. The third kappa shape index (κ3) is 9.04. The van der Waals surface area contributed by atoms with Crippen LogP contribution in [0.25, 0.3) is 0 Å². The summed E-state index contributed by atoms with van der Waals surface area (Å²) in [4.78, 5) is 33.0. The zero-order valence-electron chi connectivity index (χ0n) is 24.1. The second kappa shape index (κ2) is 14.4. The van der Waals surface area contributed by atoms with Crippen molar-refractivity contribution in [1.82, 2.24) is 4.90 Å². The van der Waals surface area contributed by atoms with Crippen LogP contribution < -0.4 is 18.9 Å². The smallest absolute Gasteiger partial charge is 0.414 e. The molecule has 11 heteroatoms. The molecule has 0 bridgehead atoms. The molecule has 2 aromatic carbocycles. The lowest BCUT2D eigenvalue weighted by atomic mass is 9.88. The first-order valence-corrected chi connectivity index (χ1v) is 12.7. The quantitative estimate of drug-likeness (QED) is 0.341. The first-order chi connectivity index (χ1) is 18.8. The van der Waals surface area contributed by atoms with E-state index in [4.69, 9.17) is 43.5 Å². The van der Waals surface area contributed by atoms with E-state index in [-0.39, 0.29) is 12.0 Å². The zero-order valence-corrected chi connectivity index (χ0v) is 24.1. The highest BCUT2D eigenvalue weighted by Crippen LogP contribution is 2.40. The van der Waals surface area contributed by atoms with Crippen molar-refractivity contribution < 1.29 is 48.3 Å². The summed E-state index contributed by atoms with van der Waals surface area (Å²) >= 11 is 0. The second-order valence-corrected chi connectivity index (χ2v) is 10.0. The van der Waals surface area contributed by atoms with Crippen LogP contribution in [0, 0.1) is 0 Å². The molecule has 2 N–H and O–H groups in total. The Labute approximate surface area is 234 Å². The van der Waals surface area contributed by atoms with E-state index in [1.807, 2.05) is 32.9 Å². The van der Waals surface area contributed by atoms with Gasteiger partial charge in [-0.2, -0.15) is 0 Å². The monoisotopic (exact) mass is 561 g/mol. The van der Waals surface area contributed by atoms with Crippen molar-refractivity contribution in [3.63, 3.8) is 0 Å². The molecule has 0 aromatic heterocycles. The van der Waals surface area contributed by atoms with Gasteiger partial charge in [0, 0.05) is 19.1 Å². The highest BCUT2D eigenvalue weighted by atomic mass is 16.6. The number of nitrogens with zero attached hydrogens (tertiary/aromatic N) is 1. The molecular weight excluding hydrogens is 522 g/mol. The number of fused-ring (bicyclic) bond motifs is 1. The second-order valence-electron chi connectivity index (χ2n) is 10.0. The summed E-state index contributed by atoms with van der Waals surface area (Å²) in [5.41, 5.74) is 3.04. The van der Waals surface area contributed by atoms with Crippen LogP contribution in [0.15, 0.2) is 30.3 Å². The summed E-state index contributed by atoms with van der Waals surface area (Å²) in [7, 11) is 6.58. The van der Waals surface area contributed by atoms with Crippen molar-refractivity contribution in [2.75, 3.05) is 41.5 Å². The van der Waals surface area contributed by atoms with Gasteiger partial charge in [0.2, 0.25) is 0 Å². The van der Waals surface area contributed by atoms with Gasteiger partial charge in [-0.1, -0.05) is 6.07 Å². The lowest BCUT2D eigenvalue weighted by Crippen LogP contribution is -2.38. The van der Waals surface area contributed by atoms with E-state index >= 15 is 0 Å². The molecule has 40 heavy (non-hydrogen) atoms. The first-order valence-electron chi connectivity index (χ1n) is 12.7. The molecule has 2 aromatic rings. The predicted octanol–water partition coefficient (Wildman–Crippen LogP) is 3.75. The molecule has 0 saturated carbocycles. The number of carbonyl (C=O) groups is 3. The number of methoxy groups -OCH3 is 4. The number of esters is 1. The highest BCUT2D eigenvalue weighted by Gasteiger charge is 2.30. The standard InChI is InChI=1S/C27H37NO6.C2H2O4/c1-27(2,3)34-26(29)11-13-28-12-10-19-16-24(32-6)25(33-7)17-20(19)21(28)14-18-8-9-22(30-4)23(15-18)31-5;3-1(4)2(5)6/h8-9,15-17,21H,10-14H2,1-7H3;(H,3,4)(H,5,6). The molecule has 220 valence electrons. The Morgan fingerprint density at radius 2 is 1.40 bits per heavy atom. The minimum Gasteiger partial charge on any atom is -0.493 e. The molecule has 0 radical (unpaired) electrons. The fraction of sp³-hybridized carbons (Fsp3) is 0.483. The van der Waals surface area contributed by atoms with Gasteiger partial charge >= 0.3 is 17.9 Å². The van der Waals surface area contributed by atoms with Crippen LogP contribution in [0.1, 0.15) is 49.9 Å². The largest absolute Gasteiger partial charge is 0.493 e. The molecule has 1 unspecified atom stereocenters. The Hall–Kier alpha value is -3.99. The maximum atomic E-state index is 12.4. The van der Waals surface area contributed by atoms with Crippen molar-refractivity contribution in [3.05, 3.63) is 47.0 Å². The van der Waals surface area contributed by atoms with Crippen LogP contribution in [0.5, 0.6) is 23.0 Å². The Kier molecular flexibility index (Phi) is 11.6. The van der Waals surface area contributed by atoms with Crippen LogP contribution >= 0.6 is 0 Å². The van der Waals surface area contributed by atoms with Gasteiger partial charge in [-0.3, -0.25) is 9.69 Å². The summed E-state index contributed by atoms with van der Waals surface area (Å²) in [6.45, 7) is 7.12. The molecule has 1 aliphatic rings. The Bertz CT molecular complexity index is 1180. The summed E-state index contributed by atoms with van der Waals surface area (Å²) in [5.74, 6) is -1.01. The number of rotatable bonds is 9. The summed E-state index contributed by atoms with van der Waals surface area (Å²) < 4.78 is 27.6. The molecule has 0 aliphatic carbocycles. The van der Waals surface area contributed by atoms with E-state index in [1.165, 1.54) is 11.1 Å². The number of hydrogen-bond donors (Lipinski definition) is 2. The Morgan fingerprint density at radius 1 is 0.850 bits per heavy atom. The Morgan fingerprint density at radius 3 is 1.93 bits per heavy atom. The fourth-order valence-corrected chi connectivity index (χ4v) is 4.45. The Balaban J connectivity index is 0.000000840. The molecule has 11 nitrogen and oxygen atoms in total. The van der Waals surface area contributed by atoms with Crippen LogP contribution in [0.3, 0.4) is 0 Å². The van der Waals surface area contributed by atoms with E-state index in [0.717, 1.165) is 30.7 Å². The van der Waals surface area contributed by atoms with E-state index in [1.54, 1.807) is 28.4 Å². The highest BCUT2D eigenvalue weighted by molar-refractivity contribution is 6.27. The third-order valence-corrected chi connectivity index (χ3v) is 6.20. The minimum atomic E-state index is -1.82. The van der Waals surface area contributed by atoms with Crippen molar-refractivity contribution in [3.8, 4) is 23.0 Å². The lowest BCUT2D eigenvalue weighted by molar-refractivity contribution is -0.159. The van der Waals surface area contributed by atoms with Gasteiger partial charge in [0.25, 0.3) is 0 Å². The van der Waals surface area contributed by atoms with Crippen LogP contribution in [-0.2, 0) is 32.0 Å². The van der Waals surface area contributed by atoms with Gasteiger partial charge < -0.3 is 33.9 Å². The number of carboxylic acid groups (broad SMARTS) is 2. The fourth-order valence-electron chi connectivity index (χ4n) is 4.45. The molecule has 0 spiro atoms. The van der Waals surface area contributed by atoms with Crippen LogP contribution in [0.4, 0.5) is 0 Å². The maximum Gasteiger partial charge on any atom is 0.414 e. The molecule has 0 saturated heterocycles. The average molecular weight is 562 g/mol. The number of benzene rings is 2. The third-order valence-electron chi connectivity index (χ3n) is 6.20. The lowest BCUT2D eigenvalue weighted by Gasteiger charge is -2.38. The number of ether oxygens (including phenoxy) is 5. The topological polar surface area (TPSA) is 141 Å². The van der Waals surface area contributed by atoms with Crippen molar-refractivity contribution in [2.24, 2.45) is 0 Å². The van der Waals surface area contributed by atoms with Gasteiger partial charge in [-0.25, -0.2) is 9.59 Å². The van der Waals surface area contributed by atoms with E-state index in [2.05, 4.69) is 23.1 Å². The number of hydrogen-bond acceptors (Lipinski definition) is 9. The molecule has 1 atom stereocenters. The molecule has 1 heterocycles. The SMILES string of the molecule is COc1ccc(CC2c3cc(OC)c(OC)cc3CCN2CCC(=O)OC(C)(C)C)cc1OC.O=C(O)C(=O)O. The number of carbonyl (C=O) groups excluding carboxylic acids is 1. The summed E-state index contributed by atoms with van der Waals surface area (Å²) in [5, 5.41) is 14.8. The van der Waals surface area contributed by atoms with E-state index in [0.29, 0.717) is 30.2 Å². The number of carboxylic acids is 2. The maximum absolute atomic E-state index is 12.4. The molecule has 3 rings (SSSR count). The van der Waals surface area contributed by atoms with Crippen molar-refractivity contribution in [2.45, 2.75) is 51.7 Å². The summed E-state index contributed by atoms with van der Waals surface area (Å²) in [6, 6.07) is 10.2. The van der Waals surface area contributed by atoms with Gasteiger partial charge in [-0.05, 0) is 74.6 Å². The molecule has 1 aliphatic heterocycles. The van der Waals surface area contributed by atoms with Crippen LogP contribution in [-0.4, -0.2) is 80.2 Å². The van der Waals surface area contributed by atoms with E-state index < -0.39 is 17.5 Å². The molecule has 0 amide bonds. The van der Waals surface area contributed by atoms with Gasteiger partial charge in [0.15, 0.2) is 23.0 Å².